The number of aromatic nitrogens is 3. The summed E-state index contributed by atoms with van der Waals surface area (Å²) in [5.41, 5.74) is 6.25. The van der Waals surface area contributed by atoms with E-state index in [9.17, 15) is 19.5 Å². The van der Waals surface area contributed by atoms with Crippen molar-refractivity contribution in [1.82, 2.24) is 25.2 Å². The molecule has 0 unspecified atom stereocenters. The Morgan fingerprint density at radius 1 is 1.48 bits per heavy atom. The topological polar surface area (TPSA) is 173 Å². The summed E-state index contributed by atoms with van der Waals surface area (Å²) in [7, 11) is 1.28. The van der Waals surface area contributed by atoms with Gasteiger partial charge in [0.05, 0.1) is 5.03 Å². The molecule has 0 aliphatic carbocycles. The lowest BCUT2D eigenvalue weighted by Crippen LogP contribution is -2.71. The third kappa shape index (κ3) is 4.65. The van der Waals surface area contributed by atoms with E-state index in [2.05, 4.69) is 25.4 Å². The number of nitrogens with zero attached hydrogens (tertiary/aromatic N) is 5. The minimum absolute atomic E-state index is 0.0612. The van der Waals surface area contributed by atoms with E-state index < -0.39 is 29.2 Å². The molecule has 172 valence electrons. The van der Waals surface area contributed by atoms with Crippen LogP contribution in [0.1, 0.15) is 5.69 Å². The number of β-lactam (4-membered cyclic amide) rings is 1. The van der Waals surface area contributed by atoms with E-state index in [1.165, 1.54) is 41.9 Å². The molecule has 0 saturated carbocycles. The monoisotopic (exact) mass is 507 g/mol. The van der Waals surface area contributed by atoms with Gasteiger partial charge >= 0.3 is 5.97 Å². The molecule has 2 aromatic heterocycles. The number of carboxylic acids is 1. The number of rotatable bonds is 8. The number of anilines is 1. The average molecular weight is 508 g/mol. The summed E-state index contributed by atoms with van der Waals surface area (Å²) in [6.45, 7) is 0. The molecule has 0 bridgehead atoms. The summed E-state index contributed by atoms with van der Waals surface area (Å²) in [6, 6.07) is 0.811. The summed E-state index contributed by atoms with van der Waals surface area (Å²) in [5, 5.41) is 18.0. The number of carbonyl (C=O) groups is 3. The molecule has 2 aliphatic rings. The van der Waals surface area contributed by atoms with Gasteiger partial charge in [-0.1, -0.05) is 5.16 Å². The fourth-order valence-corrected chi connectivity index (χ4v) is 6.08. The van der Waals surface area contributed by atoms with Crippen molar-refractivity contribution in [1.29, 1.82) is 0 Å². The maximum atomic E-state index is 12.9. The first kappa shape index (κ1) is 23.0. The third-order valence-corrected chi connectivity index (χ3v) is 7.69. The van der Waals surface area contributed by atoms with Crippen LogP contribution in [0, 0.1) is 0 Å². The number of carboxylic acid groups (broad SMARTS) is 1. The molecular weight excluding hydrogens is 490 g/mol. The molecule has 2 amide bonds. The van der Waals surface area contributed by atoms with Crippen molar-refractivity contribution in [3.8, 4) is 0 Å². The molecule has 0 aromatic carbocycles. The highest BCUT2D eigenvalue weighted by molar-refractivity contribution is 8.01. The number of fused-ring (bicyclic) bond motifs is 1. The van der Waals surface area contributed by atoms with Gasteiger partial charge < -0.3 is 21.0 Å². The molecule has 4 heterocycles. The smallest absolute Gasteiger partial charge is 0.352 e. The van der Waals surface area contributed by atoms with Crippen LogP contribution in [0.15, 0.2) is 45.4 Å². The maximum Gasteiger partial charge on any atom is 0.352 e. The number of thioether (sulfide) groups is 2. The van der Waals surface area contributed by atoms with Gasteiger partial charge in [0.15, 0.2) is 10.8 Å². The van der Waals surface area contributed by atoms with E-state index in [1.807, 2.05) is 0 Å². The second-order valence-electron chi connectivity index (χ2n) is 6.65. The lowest BCUT2D eigenvalue weighted by atomic mass is 10.0. The fourth-order valence-electron chi connectivity index (χ4n) is 3.22. The Morgan fingerprint density at radius 3 is 2.94 bits per heavy atom. The average Bonchev–Trinajstić information content (AvgIpc) is 3.25. The Morgan fingerprint density at radius 2 is 2.30 bits per heavy atom. The Balaban J connectivity index is 1.49. The van der Waals surface area contributed by atoms with E-state index >= 15 is 0 Å². The SMILES string of the molecule is CON=C(C(=O)N[C@@H]1C(=O)N2C(C(=O)O)=C(CSc3ccncn3)CS[C@@H]12)c1csc(N)n1. The molecule has 15 heteroatoms. The Labute approximate surface area is 199 Å². The number of hydrogen-bond donors (Lipinski definition) is 3. The number of nitrogens with one attached hydrogen (secondary N) is 1. The summed E-state index contributed by atoms with van der Waals surface area (Å²) in [4.78, 5) is 55.6. The van der Waals surface area contributed by atoms with Crippen LogP contribution in [0.2, 0.25) is 0 Å². The molecular formula is C18H17N7O5S3. The van der Waals surface area contributed by atoms with Crippen LogP contribution in [0.5, 0.6) is 0 Å². The largest absolute Gasteiger partial charge is 0.477 e. The number of nitrogen functional groups attached to an aromatic ring is 1. The van der Waals surface area contributed by atoms with Gasteiger partial charge in [-0.25, -0.2) is 19.7 Å². The van der Waals surface area contributed by atoms with Crippen LogP contribution in [0.4, 0.5) is 5.13 Å². The second-order valence-corrected chi connectivity index (χ2v) is 9.64. The number of hydrogen-bond acceptors (Lipinski definition) is 12. The first-order chi connectivity index (χ1) is 15.9. The van der Waals surface area contributed by atoms with Crippen LogP contribution in [-0.4, -0.2) is 78.5 Å². The predicted molar refractivity (Wildman–Crippen MR) is 123 cm³/mol. The van der Waals surface area contributed by atoms with Crippen molar-refractivity contribution in [3.05, 3.63) is 40.9 Å². The lowest BCUT2D eigenvalue weighted by molar-refractivity contribution is -0.150. The number of nitrogens with two attached hydrogens (primary N) is 1. The molecule has 4 rings (SSSR count). The molecule has 4 N–H and O–H groups in total. The molecule has 12 nitrogen and oxygen atoms in total. The van der Waals surface area contributed by atoms with Crippen LogP contribution in [0.3, 0.4) is 0 Å². The Bertz CT molecular complexity index is 1150. The van der Waals surface area contributed by atoms with E-state index in [0.29, 0.717) is 22.1 Å². The van der Waals surface area contributed by atoms with Crippen LogP contribution >= 0.6 is 34.9 Å². The van der Waals surface area contributed by atoms with Gasteiger partial charge in [0.25, 0.3) is 11.8 Å². The van der Waals surface area contributed by atoms with Crippen molar-refractivity contribution in [2.75, 3.05) is 24.3 Å². The zero-order valence-electron chi connectivity index (χ0n) is 17.0. The number of aliphatic carboxylic acids is 1. The highest BCUT2D eigenvalue weighted by atomic mass is 32.2. The summed E-state index contributed by atoms with van der Waals surface area (Å²) in [5.74, 6) is -1.64. The normalized spacial score (nSPS) is 20.2. The van der Waals surface area contributed by atoms with Crippen LogP contribution < -0.4 is 11.1 Å². The Kier molecular flexibility index (Phi) is 6.80. The predicted octanol–water partition coefficient (Wildman–Crippen LogP) is 0.397. The summed E-state index contributed by atoms with van der Waals surface area (Å²) in [6.07, 6.45) is 3.01. The highest BCUT2D eigenvalue weighted by Crippen LogP contribution is 2.41. The summed E-state index contributed by atoms with van der Waals surface area (Å²) < 4.78 is 0. The van der Waals surface area contributed by atoms with Crippen LogP contribution in [0.25, 0.3) is 0 Å². The molecule has 1 saturated heterocycles. The first-order valence-electron chi connectivity index (χ1n) is 9.33. The van der Waals surface area contributed by atoms with Gasteiger partial charge in [0, 0.05) is 23.1 Å². The van der Waals surface area contributed by atoms with Crippen molar-refractivity contribution >= 4 is 63.5 Å². The minimum Gasteiger partial charge on any atom is -0.477 e. The zero-order chi connectivity index (χ0) is 23.5. The van der Waals surface area contributed by atoms with Gasteiger partial charge in [-0.2, -0.15) is 0 Å². The van der Waals surface area contributed by atoms with E-state index in [1.54, 1.807) is 17.6 Å². The molecule has 33 heavy (non-hydrogen) atoms. The minimum atomic E-state index is -1.20. The van der Waals surface area contributed by atoms with Gasteiger partial charge in [0.1, 0.15) is 36.2 Å². The van der Waals surface area contributed by atoms with E-state index in [4.69, 9.17) is 10.6 Å². The van der Waals surface area contributed by atoms with Crippen molar-refractivity contribution in [2.24, 2.45) is 5.16 Å². The lowest BCUT2D eigenvalue weighted by Gasteiger charge is -2.49. The molecule has 2 atom stereocenters. The molecule has 0 radical (unpaired) electrons. The second kappa shape index (κ2) is 9.76. The number of amides is 2. The van der Waals surface area contributed by atoms with E-state index in [-0.39, 0.29) is 22.2 Å². The van der Waals surface area contributed by atoms with Crippen molar-refractivity contribution < 1.29 is 24.3 Å². The van der Waals surface area contributed by atoms with Crippen molar-refractivity contribution in [3.63, 3.8) is 0 Å². The Hall–Kier alpha value is -3.17. The maximum absolute atomic E-state index is 12.9. The fraction of sp³-hybridized carbons (Fsp3) is 0.278. The van der Waals surface area contributed by atoms with Crippen molar-refractivity contribution in [2.45, 2.75) is 16.4 Å². The molecule has 0 spiro atoms. The number of oxime groups is 1. The molecule has 1 fully saturated rings. The highest BCUT2D eigenvalue weighted by Gasteiger charge is 2.54. The van der Waals surface area contributed by atoms with Gasteiger partial charge in [0.2, 0.25) is 0 Å². The quantitative estimate of drug-likeness (QED) is 0.148. The summed E-state index contributed by atoms with van der Waals surface area (Å²) >= 11 is 3.86. The zero-order valence-corrected chi connectivity index (χ0v) is 19.4. The van der Waals surface area contributed by atoms with Gasteiger partial charge in [-0.15, -0.1) is 34.9 Å². The van der Waals surface area contributed by atoms with E-state index in [0.717, 1.165) is 11.3 Å². The van der Waals surface area contributed by atoms with Gasteiger partial charge in [-0.3, -0.25) is 14.5 Å². The first-order valence-corrected chi connectivity index (χ1v) is 12.2. The van der Waals surface area contributed by atoms with Crippen LogP contribution in [-0.2, 0) is 19.2 Å². The van der Waals surface area contributed by atoms with Gasteiger partial charge in [-0.05, 0) is 11.6 Å². The molecule has 2 aromatic rings. The standard InChI is InChI=1S/C18H17N7O5S3/c1-30-24-11(9-6-33-18(19)22-9)14(26)23-12-15(27)25-13(17(28)29)8(5-32-16(12)25)4-31-10-2-3-20-7-21-10/h2-3,6-7,12,16H,4-5H2,1H3,(H2,19,22)(H,23,26)(H,28,29)/t12-,16+/m1/s1. The number of thiazole rings is 1. The number of carbonyl (C=O) groups excluding carboxylic acids is 2. The molecule has 2 aliphatic heterocycles. The third-order valence-electron chi connectivity index (χ3n) is 4.65.